The second-order valence-electron chi connectivity index (χ2n) is 8.17. The number of ether oxygens (including phenoxy) is 1. The van der Waals surface area contributed by atoms with E-state index < -0.39 is 0 Å². The predicted octanol–water partition coefficient (Wildman–Crippen LogP) is 6.11. The first-order valence-corrected chi connectivity index (χ1v) is 11.4. The minimum absolute atomic E-state index is 0.221. The molecule has 0 saturated heterocycles. The molecule has 0 unspecified atom stereocenters. The zero-order valence-electron chi connectivity index (χ0n) is 19.0. The van der Waals surface area contributed by atoms with Crippen molar-refractivity contribution in [3.05, 3.63) is 76.9 Å². The predicted molar refractivity (Wildman–Crippen MR) is 130 cm³/mol. The van der Waals surface area contributed by atoms with Crippen molar-refractivity contribution in [1.82, 2.24) is 4.90 Å². The van der Waals surface area contributed by atoms with Gasteiger partial charge in [-0.2, -0.15) is 0 Å². The summed E-state index contributed by atoms with van der Waals surface area (Å²) in [5.41, 5.74) is 3.03. The van der Waals surface area contributed by atoms with E-state index in [4.69, 9.17) is 4.74 Å². The quantitative estimate of drug-likeness (QED) is 0.183. The molecule has 5 heteroatoms. The van der Waals surface area contributed by atoms with Crippen molar-refractivity contribution < 1.29 is 19.1 Å². The standard InChI is InChI=1S/C28H27NO4/c1-3-5-18-29-27(31)23-9-6-8-22-20(14-17-24(26(22)23)28(29)32)13-10-19-11-15-21(16-12-19)33-25(30)7-4-2/h6,8-17H,3-5,7,18H2,1-2H3. The van der Waals surface area contributed by atoms with E-state index in [0.29, 0.717) is 29.8 Å². The first-order valence-electron chi connectivity index (χ1n) is 11.4. The molecule has 0 N–H and O–H groups in total. The van der Waals surface area contributed by atoms with Crippen LogP contribution in [0.3, 0.4) is 0 Å². The Morgan fingerprint density at radius 1 is 0.879 bits per heavy atom. The van der Waals surface area contributed by atoms with Crippen LogP contribution in [0.15, 0.2) is 54.6 Å². The Bertz CT molecular complexity index is 1220. The summed E-state index contributed by atoms with van der Waals surface area (Å²) in [5, 5.41) is 1.60. The van der Waals surface area contributed by atoms with E-state index >= 15 is 0 Å². The fourth-order valence-corrected chi connectivity index (χ4v) is 4.05. The summed E-state index contributed by atoms with van der Waals surface area (Å²) in [7, 11) is 0. The van der Waals surface area contributed by atoms with Gasteiger partial charge in [-0.3, -0.25) is 19.3 Å². The molecule has 0 radical (unpaired) electrons. The van der Waals surface area contributed by atoms with Crippen LogP contribution in [0.4, 0.5) is 0 Å². The SMILES string of the molecule is CCCCN1C(=O)c2cccc3c(C=Cc4ccc(OC(=O)CCC)cc4)ccc(c23)C1=O. The van der Waals surface area contributed by atoms with Crippen LogP contribution < -0.4 is 4.74 Å². The summed E-state index contributed by atoms with van der Waals surface area (Å²) in [6.07, 6.45) is 6.79. The number of amides is 2. The Kier molecular flexibility index (Phi) is 6.68. The van der Waals surface area contributed by atoms with Gasteiger partial charge in [0.25, 0.3) is 11.8 Å². The van der Waals surface area contributed by atoms with Crippen LogP contribution in [-0.2, 0) is 4.79 Å². The van der Waals surface area contributed by atoms with Crippen LogP contribution in [0, 0.1) is 0 Å². The van der Waals surface area contributed by atoms with Crippen LogP contribution in [0.1, 0.15) is 71.4 Å². The topological polar surface area (TPSA) is 63.7 Å². The second kappa shape index (κ2) is 9.82. The number of carbonyl (C=O) groups is 3. The van der Waals surface area contributed by atoms with E-state index in [9.17, 15) is 14.4 Å². The highest BCUT2D eigenvalue weighted by atomic mass is 16.5. The first kappa shape index (κ1) is 22.5. The van der Waals surface area contributed by atoms with Crippen molar-refractivity contribution >= 4 is 40.7 Å². The van der Waals surface area contributed by atoms with Gasteiger partial charge in [-0.05, 0) is 53.6 Å². The molecule has 0 saturated carbocycles. The number of benzene rings is 3. The number of hydrogen-bond acceptors (Lipinski definition) is 4. The monoisotopic (exact) mass is 441 g/mol. The minimum Gasteiger partial charge on any atom is -0.427 e. The third-order valence-corrected chi connectivity index (χ3v) is 5.78. The smallest absolute Gasteiger partial charge is 0.311 e. The van der Waals surface area contributed by atoms with Gasteiger partial charge >= 0.3 is 5.97 Å². The van der Waals surface area contributed by atoms with Gasteiger partial charge in [0.2, 0.25) is 0 Å². The number of imide groups is 1. The van der Waals surface area contributed by atoms with Crippen molar-refractivity contribution in [2.75, 3.05) is 6.54 Å². The molecule has 0 aliphatic carbocycles. The summed E-state index contributed by atoms with van der Waals surface area (Å²) in [4.78, 5) is 39.0. The molecule has 5 nitrogen and oxygen atoms in total. The number of unbranched alkanes of at least 4 members (excludes halogenated alkanes) is 1. The number of hydrogen-bond donors (Lipinski definition) is 0. The van der Waals surface area contributed by atoms with Gasteiger partial charge in [0.05, 0.1) is 0 Å². The number of nitrogens with zero attached hydrogens (tertiary/aromatic N) is 1. The molecule has 4 rings (SSSR count). The van der Waals surface area contributed by atoms with E-state index in [1.54, 1.807) is 18.2 Å². The maximum absolute atomic E-state index is 13.0. The highest BCUT2D eigenvalue weighted by molar-refractivity contribution is 6.26. The van der Waals surface area contributed by atoms with Crippen LogP contribution >= 0.6 is 0 Å². The van der Waals surface area contributed by atoms with Gasteiger partial charge in [0, 0.05) is 29.5 Å². The molecule has 0 fully saturated rings. The van der Waals surface area contributed by atoms with Crippen molar-refractivity contribution in [2.45, 2.75) is 39.5 Å². The van der Waals surface area contributed by atoms with Crippen molar-refractivity contribution in [1.29, 1.82) is 0 Å². The van der Waals surface area contributed by atoms with Crippen LogP contribution in [-0.4, -0.2) is 29.2 Å². The lowest BCUT2D eigenvalue weighted by Gasteiger charge is -2.27. The van der Waals surface area contributed by atoms with Crippen LogP contribution in [0.5, 0.6) is 5.75 Å². The lowest BCUT2D eigenvalue weighted by molar-refractivity contribution is -0.134. The van der Waals surface area contributed by atoms with Gasteiger partial charge in [0.1, 0.15) is 5.75 Å². The lowest BCUT2D eigenvalue weighted by atomic mass is 9.91. The summed E-state index contributed by atoms with van der Waals surface area (Å²) in [6.45, 7) is 4.42. The minimum atomic E-state index is -0.234. The first-order chi connectivity index (χ1) is 16.0. The summed E-state index contributed by atoms with van der Waals surface area (Å²) in [6, 6.07) is 16.7. The molecule has 2 amide bonds. The average molecular weight is 442 g/mol. The Morgan fingerprint density at radius 2 is 1.61 bits per heavy atom. The largest absolute Gasteiger partial charge is 0.427 e. The molecule has 0 aromatic heterocycles. The molecule has 3 aromatic carbocycles. The van der Waals surface area contributed by atoms with E-state index in [0.717, 1.165) is 41.2 Å². The van der Waals surface area contributed by atoms with Gasteiger partial charge in [-0.1, -0.05) is 62.8 Å². The summed E-state index contributed by atoms with van der Waals surface area (Å²) >= 11 is 0. The molecule has 0 atom stereocenters. The molecule has 0 bridgehead atoms. The molecule has 1 heterocycles. The Balaban J connectivity index is 1.62. The van der Waals surface area contributed by atoms with Crippen molar-refractivity contribution in [3.8, 4) is 5.75 Å². The van der Waals surface area contributed by atoms with Crippen molar-refractivity contribution in [2.24, 2.45) is 0 Å². The second-order valence-corrected chi connectivity index (χ2v) is 8.17. The molecule has 168 valence electrons. The summed E-state index contributed by atoms with van der Waals surface area (Å²) < 4.78 is 5.30. The van der Waals surface area contributed by atoms with E-state index in [-0.39, 0.29) is 17.8 Å². The Hall–Kier alpha value is -3.73. The Morgan fingerprint density at radius 3 is 2.30 bits per heavy atom. The normalized spacial score (nSPS) is 13.2. The summed E-state index contributed by atoms with van der Waals surface area (Å²) in [5.74, 6) is -0.152. The molecule has 1 aliphatic rings. The molecular formula is C28H27NO4. The van der Waals surface area contributed by atoms with Gasteiger partial charge in [0.15, 0.2) is 0 Å². The van der Waals surface area contributed by atoms with Gasteiger partial charge < -0.3 is 4.74 Å². The zero-order valence-corrected chi connectivity index (χ0v) is 19.0. The van der Waals surface area contributed by atoms with Crippen LogP contribution in [0.2, 0.25) is 0 Å². The van der Waals surface area contributed by atoms with E-state index in [1.165, 1.54) is 4.90 Å². The lowest BCUT2D eigenvalue weighted by Crippen LogP contribution is -2.40. The molecule has 1 aliphatic heterocycles. The number of carbonyl (C=O) groups excluding carboxylic acids is 3. The molecule has 33 heavy (non-hydrogen) atoms. The van der Waals surface area contributed by atoms with E-state index in [2.05, 4.69) is 0 Å². The highest BCUT2D eigenvalue weighted by Gasteiger charge is 2.32. The molecular weight excluding hydrogens is 414 g/mol. The molecule has 0 spiro atoms. The Labute approximate surface area is 193 Å². The van der Waals surface area contributed by atoms with Gasteiger partial charge in [-0.25, -0.2) is 0 Å². The highest BCUT2D eigenvalue weighted by Crippen LogP contribution is 2.33. The van der Waals surface area contributed by atoms with Crippen LogP contribution in [0.25, 0.3) is 22.9 Å². The third kappa shape index (κ3) is 4.58. The zero-order chi connectivity index (χ0) is 23.4. The van der Waals surface area contributed by atoms with Gasteiger partial charge in [-0.15, -0.1) is 0 Å². The maximum Gasteiger partial charge on any atom is 0.311 e. The average Bonchev–Trinajstić information content (AvgIpc) is 2.82. The fourth-order valence-electron chi connectivity index (χ4n) is 4.05. The third-order valence-electron chi connectivity index (χ3n) is 5.78. The number of esters is 1. The maximum atomic E-state index is 13.0. The van der Waals surface area contributed by atoms with E-state index in [1.807, 2.05) is 62.4 Å². The molecule has 3 aromatic rings. The number of rotatable bonds is 8. The van der Waals surface area contributed by atoms with Crippen molar-refractivity contribution in [3.63, 3.8) is 0 Å². The fraction of sp³-hybridized carbons (Fsp3) is 0.250.